The number of ether oxygens (including phenoxy) is 1. The molecule has 3 unspecified atom stereocenters. The van der Waals surface area contributed by atoms with E-state index in [1.54, 1.807) is 0 Å². The first-order chi connectivity index (χ1) is 9.22. The van der Waals surface area contributed by atoms with E-state index in [9.17, 15) is 0 Å². The van der Waals surface area contributed by atoms with Crippen LogP contribution in [0.3, 0.4) is 0 Å². The van der Waals surface area contributed by atoms with Crippen molar-refractivity contribution in [1.82, 2.24) is 10.2 Å². The Hall–Kier alpha value is -0.120. The third-order valence-corrected chi connectivity index (χ3v) is 4.32. The van der Waals surface area contributed by atoms with Gasteiger partial charge in [0.2, 0.25) is 0 Å². The van der Waals surface area contributed by atoms with Crippen molar-refractivity contribution in [2.24, 2.45) is 5.92 Å². The van der Waals surface area contributed by atoms with Gasteiger partial charge in [0, 0.05) is 25.2 Å². The molecule has 0 aromatic carbocycles. The molecule has 1 aliphatic rings. The van der Waals surface area contributed by atoms with Gasteiger partial charge in [0.15, 0.2) is 0 Å². The fourth-order valence-corrected chi connectivity index (χ4v) is 3.40. The fraction of sp³-hybridized carbons (Fsp3) is 1.00. The molecule has 0 bridgehead atoms. The Balaban J connectivity index is 2.49. The van der Waals surface area contributed by atoms with Crippen molar-refractivity contribution in [2.75, 3.05) is 33.4 Å². The van der Waals surface area contributed by atoms with Crippen LogP contribution in [0.1, 0.15) is 52.9 Å². The molecule has 1 rings (SSSR count). The van der Waals surface area contributed by atoms with Crippen LogP contribution in [0.5, 0.6) is 0 Å². The normalized spacial score (nSPS) is 23.5. The Bertz CT molecular complexity index is 211. The third kappa shape index (κ3) is 5.80. The van der Waals surface area contributed by atoms with Crippen molar-refractivity contribution in [2.45, 2.75) is 65.0 Å². The molecule has 0 spiro atoms. The second-order valence-electron chi connectivity index (χ2n) is 5.95. The smallest absolute Gasteiger partial charge is 0.0506 e. The molecular formula is C16H34N2O. The number of nitrogens with zero attached hydrogens (tertiary/aromatic N) is 1. The molecule has 1 heterocycles. The van der Waals surface area contributed by atoms with E-state index in [2.05, 4.69) is 38.0 Å². The van der Waals surface area contributed by atoms with Gasteiger partial charge < -0.3 is 15.0 Å². The van der Waals surface area contributed by atoms with Crippen molar-refractivity contribution in [3.8, 4) is 0 Å². The van der Waals surface area contributed by atoms with Gasteiger partial charge in [-0.15, -0.1) is 0 Å². The largest absolute Gasteiger partial charge is 0.381 e. The lowest BCUT2D eigenvalue weighted by molar-refractivity contribution is 0.0322. The lowest BCUT2D eigenvalue weighted by Crippen LogP contribution is -2.50. The maximum Gasteiger partial charge on any atom is 0.0506 e. The summed E-state index contributed by atoms with van der Waals surface area (Å²) in [5, 5.41) is 3.68. The predicted molar refractivity (Wildman–Crippen MR) is 82.6 cm³/mol. The van der Waals surface area contributed by atoms with Crippen molar-refractivity contribution < 1.29 is 4.74 Å². The summed E-state index contributed by atoms with van der Waals surface area (Å²) in [5.41, 5.74) is 0. The summed E-state index contributed by atoms with van der Waals surface area (Å²) >= 11 is 0. The van der Waals surface area contributed by atoms with Crippen molar-refractivity contribution >= 4 is 0 Å². The first-order valence-corrected chi connectivity index (χ1v) is 8.24. The topological polar surface area (TPSA) is 24.5 Å². The predicted octanol–water partition coefficient (Wildman–Crippen LogP) is 2.90. The van der Waals surface area contributed by atoms with Gasteiger partial charge in [-0.3, -0.25) is 0 Å². The van der Waals surface area contributed by atoms with Crippen LogP contribution in [-0.4, -0.2) is 50.3 Å². The summed E-state index contributed by atoms with van der Waals surface area (Å²) in [6.45, 7) is 11.0. The Labute approximate surface area is 120 Å². The molecular weight excluding hydrogens is 236 g/mol. The highest BCUT2D eigenvalue weighted by molar-refractivity contribution is 4.83. The van der Waals surface area contributed by atoms with Gasteiger partial charge >= 0.3 is 0 Å². The van der Waals surface area contributed by atoms with E-state index < -0.39 is 0 Å². The van der Waals surface area contributed by atoms with E-state index in [1.165, 1.54) is 38.6 Å². The van der Waals surface area contributed by atoms with Crippen molar-refractivity contribution in [3.05, 3.63) is 0 Å². The van der Waals surface area contributed by atoms with E-state index in [-0.39, 0.29) is 0 Å². The summed E-state index contributed by atoms with van der Waals surface area (Å²) < 4.78 is 5.61. The average molecular weight is 270 g/mol. The quantitative estimate of drug-likeness (QED) is 0.697. The molecule has 0 aromatic heterocycles. The number of nitrogens with one attached hydrogen (secondary N) is 1. The van der Waals surface area contributed by atoms with Crippen LogP contribution >= 0.6 is 0 Å². The van der Waals surface area contributed by atoms with Gasteiger partial charge in [-0.05, 0) is 45.2 Å². The fourth-order valence-electron chi connectivity index (χ4n) is 3.40. The molecule has 1 N–H and O–H groups in total. The molecule has 3 atom stereocenters. The minimum absolute atomic E-state index is 0.634. The SMILES string of the molecule is CCCC(NCC)C(CC)N(C)CC1CCCOC1. The Morgan fingerprint density at radius 1 is 1.32 bits per heavy atom. The molecule has 1 saturated heterocycles. The zero-order valence-electron chi connectivity index (χ0n) is 13.5. The maximum atomic E-state index is 5.61. The second-order valence-corrected chi connectivity index (χ2v) is 5.95. The maximum absolute atomic E-state index is 5.61. The van der Waals surface area contributed by atoms with E-state index in [1.807, 2.05) is 0 Å². The van der Waals surface area contributed by atoms with Crippen molar-refractivity contribution in [3.63, 3.8) is 0 Å². The molecule has 114 valence electrons. The Morgan fingerprint density at radius 3 is 2.63 bits per heavy atom. The lowest BCUT2D eigenvalue weighted by atomic mass is 9.96. The second kappa shape index (κ2) is 9.73. The molecule has 19 heavy (non-hydrogen) atoms. The van der Waals surface area contributed by atoms with E-state index in [0.29, 0.717) is 12.1 Å². The van der Waals surface area contributed by atoms with Gasteiger partial charge in [0.1, 0.15) is 0 Å². The van der Waals surface area contributed by atoms with Gasteiger partial charge in [-0.2, -0.15) is 0 Å². The molecule has 0 radical (unpaired) electrons. The van der Waals surface area contributed by atoms with Crippen LogP contribution in [0.2, 0.25) is 0 Å². The first kappa shape index (κ1) is 16.9. The first-order valence-electron chi connectivity index (χ1n) is 8.24. The molecule has 3 heteroatoms. The lowest BCUT2D eigenvalue weighted by Gasteiger charge is -2.37. The van der Waals surface area contributed by atoms with Crippen LogP contribution < -0.4 is 5.32 Å². The summed E-state index contributed by atoms with van der Waals surface area (Å²) in [5.74, 6) is 0.733. The molecule has 0 saturated carbocycles. The summed E-state index contributed by atoms with van der Waals surface area (Å²) in [7, 11) is 2.29. The summed E-state index contributed by atoms with van der Waals surface area (Å²) in [6.07, 6.45) is 6.33. The van der Waals surface area contributed by atoms with Crippen LogP contribution in [0.25, 0.3) is 0 Å². The molecule has 0 amide bonds. The Morgan fingerprint density at radius 2 is 2.11 bits per heavy atom. The van der Waals surface area contributed by atoms with Crippen LogP contribution in [-0.2, 0) is 4.74 Å². The van der Waals surface area contributed by atoms with Crippen LogP contribution in [0, 0.1) is 5.92 Å². The summed E-state index contributed by atoms with van der Waals surface area (Å²) in [6, 6.07) is 1.29. The minimum Gasteiger partial charge on any atom is -0.381 e. The van der Waals surface area contributed by atoms with Gasteiger partial charge in [-0.25, -0.2) is 0 Å². The highest BCUT2D eigenvalue weighted by Gasteiger charge is 2.25. The average Bonchev–Trinajstić information content (AvgIpc) is 2.41. The number of rotatable bonds is 9. The molecule has 3 nitrogen and oxygen atoms in total. The zero-order chi connectivity index (χ0) is 14.1. The minimum atomic E-state index is 0.634. The Kier molecular flexibility index (Phi) is 8.67. The van der Waals surface area contributed by atoms with Gasteiger partial charge in [0.25, 0.3) is 0 Å². The molecule has 0 aromatic rings. The van der Waals surface area contributed by atoms with Crippen molar-refractivity contribution in [1.29, 1.82) is 0 Å². The van der Waals surface area contributed by atoms with Crippen LogP contribution in [0.15, 0.2) is 0 Å². The van der Waals surface area contributed by atoms with Gasteiger partial charge in [0.05, 0.1) is 6.61 Å². The van der Waals surface area contributed by atoms with Gasteiger partial charge in [-0.1, -0.05) is 27.2 Å². The molecule has 1 aliphatic heterocycles. The standard InChI is InChI=1S/C16H34N2O/c1-5-9-15(17-7-3)16(6-2)18(4)12-14-10-8-11-19-13-14/h14-17H,5-13H2,1-4H3. The molecule has 0 aliphatic carbocycles. The number of hydrogen-bond donors (Lipinski definition) is 1. The summed E-state index contributed by atoms with van der Waals surface area (Å²) in [4.78, 5) is 2.57. The highest BCUT2D eigenvalue weighted by atomic mass is 16.5. The molecule has 1 fully saturated rings. The van der Waals surface area contributed by atoms with Crippen LogP contribution in [0.4, 0.5) is 0 Å². The highest BCUT2D eigenvalue weighted by Crippen LogP contribution is 2.18. The van der Waals surface area contributed by atoms with E-state index >= 15 is 0 Å². The number of likely N-dealkylation sites (N-methyl/N-ethyl adjacent to an activating group) is 2. The number of hydrogen-bond acceptors (Lipinski definition) is 3. The third-order valence-electron chi connectivity index (χ3n) is 4.32. The van der Waals surface area contributed by atoms with E-state index in [0.717, 1.165) is 25.7 Å². The zero-order valence-corrected chi connectivity index (χ0v) is 13.5. The van der Waals surface area contributed by atoms with E-state index in [4.69, 9.17) is 4.74 Å². The monoisotopic (exact) mass is 270 g/mol.